The molecule has 3 amide bonds. The molecule has 0 atom stereocenters. The van der Waals surface area contributed by atoms with E-state index in [-0.39, 0.29) is 29.9 Å². The quantitative estimate of drug-likeness (QED) is 0.419. The van der Waals surface area contributed by atoms with Gasteiger partial charge in [0.15, 0.2) is 4.34 Å². The van der Waals surface area contributed by atoms with Crippen LogP contribution in [0.1, 0.15) is 23.7 Å². The lowest BCUT2D eigenvalue weighted by Crippen LogP contribution is -2.15. The lowest BCUT2D eigenvalue weighted by Gasteiger charge is -2.08. The van der Waals surface area contributed by atoms with Gasteiger partial charge >= 0.3 is 0 Å². The number of anilines is 3. The number of thiazole rings is 1. The Morgan fingerprint density at radius 2 is 1.72 bits per heavy atom. The van der Waals surface area contributed by atoms with Crippen LogP contribution >= 0.6 is 23.1 Å². The number of aromatic nitrogens is 1. The molecule has 0 spiro atoms. The average Bonchev–Trinajstić information content (AvgIpc) is 3.16. The molecule has 0 bridgehead atoms. The molecule has 3 rings (SSSR count). The molecule has 0 aliphatic heterocycles. The fraction of sp³-hybridized carbons (Fsp3) is 0.217. The minimum atomic E-state index is -0.181. The second-order valence-electron chi connectivity index (χ2n) is 7.25. The van der Waals surface area contributed by atoms with Crippen molar-refractivity contribution in [2.45, 2.75) is 31.5 Å². The van der Waals surface area contributed by atoms with Gasteiger partial charge in [-0.2, -0.15) is 0 Å². The van der Waals surface area contributed by atoms with Gasteiger partial charge in [0.2, 0.25) is 17.7 Å². The monoisotopic (exact) mass is 468 g/mol. The van der Waals surface area contributed by atoms with Crippen LogP contribution in [0.5, 0.6) is 0 Å². The Labute approximate surface area is 195 Å². The number of carbonyl (C=O) groups is 3. The summed E-state index contributed by atoms with van der Waals surface area (Å²) < 4.78 is 0.724. The zero-order chi connectivity index (χ0) is 23.1. The van der Waals surface area contributed by atoms with E-state index in [9.17, 15) is 14.4 Å². The molecule has 3 N–H and O–H groups in total. The molecule has 166 valence electrons. The summed E-state index contributed by atoms with van der Waals surface area (Å²) in [6, 6.07) is 12.9. The second kappa shape index (κ2) is 10.9. The van der Waals surface area contributed by atoms with Gasteiger partial charge in [-0.3, -0.25) is 14.4 Å². The summed E-state index contributed by atoms with van der Waals surface area (Å²) in [7, 11) is 0. The van der Waals surface area contributed by atoms with Gasteiger partial charge in [-0.1, -0.05) is 30.0 Å². The standard InChI is InChI=1S/C23H24N4O3S2/c1-14-7-8-15(2)20(9-14)27-21(29)11-19-12-31-23(26-19)32-13-22(30)25-18-6-4-5-17(10-18)24-16(3)28/h4-10,12H,11,13H2,1-3H3,(H,24,28)(H,25,30)(H,27,29). The molecular formula is C23H24N4O3S2. The highest BCUT2D eigenvalue weighted by atomic mass is 32.2. The van der Waals surface area contributed by atoms with Gasteiger partial charge in [0.1, 0.15) is 0 Å². The van der Waals surface area contributed by atoms with Crippen molar-refractivity contribution in [2.24, 2.45) is 0 Å². The number of hydrogen-bond acceptors (Lipinski definition) is 6. The predicted octanol–water partition coefficient (Wildman–Crippen LogP) is 4.63. The van der Waals surface area contributed by atoms with E-state index in [1.54, 1.807) is 24.3 Å². The first-order chi connectivity index (χ1) is 15.3. The highest BCUT2D eigenvalue weighted by molar-refractivity contribution is 8.01. The van der Waals surface area contributed by atoms with E-state index in [0.717, 1.165) is 21.2 Å². The smallest absolute Gasteiger partial charge is 0.234 e. The second-order valence-corrected chi connectivity index (χ2v) is 9.33. The summed E-state index contributed by atoms with van der Waals surface area (Å²) in [5.41, 5.74) is 4.78. The molecule has 9 heteroatoms. The fourth-order valence-corrected chi connectivity index (χ4v) is 4.51. The Bertz CT molecular complexity index is 1140. The Kier molecular flexibility index (Phi) is 8.02. The maximum absolute atomic E-state index is 12.4. The number of carbonyl (C=O) groups excluding carboxylic acids is 3. The zero-order valence-corrected chi connectivity index (χ0v) is 19.7. The van der Waals surface area contributed by atoms with Crippen LogP contribution in [0.3, 0.4) is 0 Å². The van der Waals surface area contributed by atoms with E-state index in [1.807, 2.05) is 37.4 Å². The van der Waals surface area contributed by atoms with E-state index in [4.69, 9.17) is 0 Å². The van der Waals surface area contributed by atoms with Gasteiger partial charge in [-0.25, -0.2) is 4.98 Å². The van der Waals surface area contributed by atoms with Crippen molar-refractivity contribution in [3.05, 3.63) is 64.7 Å². The molecule has 0 aliphatic carbocycles. The van der Waals surface area contributed by atoms with Crippen LogP contribution in [0.25, 0.3) is 0 Å². The molecular weight excluding hydrogens is 444 g/mol. The van der Waals surface area contributed by atoms with Crippen molar-refractivity contribution in [2.75, 3.05) is 21.7 Å². The topological polar surface area (TPSA) is 100 Å². The maximum Gasteiger partial charge on any atom is 0.234 e. The summed E-state index contributed by atoms with van der Waals surface area (Å²) in [5.74, 6) is -0.297. The average molecular weight is 469 g/mol. The summed E-state index contributed by atoms with van der Waals surface area (Å²) in [6.07, 6.45) is 0.173. The Morgan fingerprint density at radius 1 is 0.969 bits per heavy atom. The number of thioether (sulfide) groups is 1. The molecule has 2 aromatic carbocycles. The van der Waals surface area contributed by atoms with Crippen LogP contribution in [-0.4, -0.2) is 28.5 Å². The Morgan fingerprint density at radius 3 is 2.47 bits per heavy atom. The van der Waals surface area contributed by atoms with Crippen molar-refractivity contribution >= 4 is 57.9 Å². The summed E-state index contributed by atoms with van der Waals surface area (Å²) in [4.78, 5) is 40.2. The third-order valence-electron chi connectivity index (χ3n) is 4.33. The molecule has 32 heavy (non-hydrogen) atoms. The van der Waals surface area contributed by atoms with Crippen molar-refractivity contribution < 1.29 is 14.4 Å². The maximum atomic E-state index is 12.4. The number of benzene rings is 2. The number of nitrogens with one attached hydrogen (secondary N) is 3. The molecule has 0 saturated carbocycles. The summed E-state index contributed by atoms with van der Waals surface area (Å²) in [6.45, 7) is 5.36. The molecule has 3 aromatic rings. The van der Waals surface area contributed by atoms with Crippen molar-refractivity contribution in [1.82, 2.24) is 4.98 Å². The van der Waals surface area contributed by atoms with Crippen LogP contribution in [0.4, 0.5) is 17.1 Å². The van der Waals surface area contributed by atoms with Gasteiger partial charge in [0.05, 0.1) is 17.9 Å². The van der Waals surface area contributed by atoms with Crippen LogP contribution < -0.4 is 16.0 Å². The van der Waals surface area contributed by atoms with Gasteiger partial charge < -0.3 is 16.0 Å². The highest BCUT2D eigenvalue weighted by Crippen LogP contribution is 2.24. The van der Waals surface area contributed by atoms with Crippen LogP contribution in [0.15, 0.2) is 52.2 Å². The number of amides is 3. The number of hydrogen-bond donors (Lipinski definition) is 3. The minimum absolute atomic E-state index is 0.127. The Hall–Kier alpha value is -3.17. The van der Waals surface area contributed by atoms with Crippen molar-refractivity contribution in [1.29, 1.82) is 0 Å². The third-order valence-corrected chi connectivity index (χ3v) is 6.40. The van der Waals surface area contributed by atoms with Crippen molar-refractivity contribution in [3.63, 3.8) is 0 Å². The van der Waals surface area contributed by atoms with E-state index in [1.165, 1.54) is 30.0 Å². The molecule has 1 heterocycles. The number of nitrogens with zero attached hydrogens (tertiary/aromatic N) is 1. The third kappa shape index (κ3) is 7.21. The van der Waals surface area contributed by atoms with Crippen LogP contribution in [0.2, 0.25) is 0 Å². The number of aryl methyl sites for hydroxylation is 2. The molecule has 1 aromatic heterocycles. The van der Waals surface area contributed by atoms with Gasteiger partial charge in [-0.15, -0.1) is 11.3 Å². The van der Waals surface area contributed by atoms with Gasteiger partial charge in [-0.05, 0) is 49.2 Å². The first-order valence-electron chi connectivity index (χ1n) is 9.90. The molecule has 7 nitrogen and oxygen atoms in total. The van der Waals surface area contributed by atoms with Gasteiger partial charge in [0, 0.05) is 29.4 Å². The highest BCUT2D eigenvalue weighted by Gasteiger charge is 2.11. The summed E-state index contributed by atoms with van der Waals surface area (Å²) in [5, 5.41) is 10.2. The largest absolute Gasteiger partial charge is 0.326 e. The first kappa shape index (κ1) is 23.5. The van der Waals surface area contributed by atoms with E-state index in [2.05, 4.69) is 20.9 Å². The molecule has 0 aliphatic rings. The lowest BCUT2D eigenvalue weighted by atomic mass is 10.1. The lowest BCUT2D eigenvalue weighted by molar-refractivity contribution is -0.116. The normalized spacial score (nSPS) is 10.5. The predicted molar refractivity (Wildman–Crippen MR) is 130 cm³/mol. The first-order valence-corrected chi connectivity index (χ1v) is 11.8. The van der Waals surface area contributed by atoms with Crippen LogP contribution in [0, 0.1) is 13.8 Å². The van der Waals surface area contributed by atoms with E-state index >= 15 is 0 Å². The fourth-order valence-electron chi connectivity index (χ4n) is 2.87. The number of rotatable bonds is 8. The van der Waals surface area contributed by atoms with Crippen molar-refractivity contribution in [3.8, 4) is 0 Å². The summed E-state index contributed by atoms with van der Waals surface area (Å²) >= 11 is 2.72. The Balaban J connectivity index is 1.48. The SMILES string of the molecule is CC(=O)Nc1cccc(NC(=O)CSc2nc(CC(=O)Nc3cc(C)ccc3C)cs2)c1. The van der Waals surface area contributed by atoms with E-state index in [0.29, 0.717) is 17.1 Å². The molecule has 0 saturated heterocycles. The zero-order valence-electron chi connectivity index (χ0n) is 18.0. The molecule has 0 fully saturated rings. The minimum Gasteiger partial charge on any atom is -0.326 e. The molecule has 0 unspecified atom stereocenters. The molecule has 0 radical (unpaired) electrons. The van der Waals surface area contributed by atoms with E-state index < -0.39 is 0 Å². The van der Waals surface area contributed by atoms with Crippen LogP contribution in [-0.2, 0) is 20.8 Å². The van der Waals surface area contributed by atoms with Gasteiger partial charge in [0.25, 0.3) is 0 Å².